The van der Waals surface area contributed by atoms with E-state index in [-0.39, 0.29) is 5.91 Å². The van der Waals surface area contributed by atoms with E-state index in [9.17, 15) is 4.79 Å². The highest BCUT2D eigenvalue weighted by Crippen LogP contribution is 2.27. The summed E-state index contributed by atoms with van der Waals surface area (Å²) < 4.78 is 11.1. The maximum atomic E-state index is 12.4. The zero-order valence-electron chi connectivity index (χ0n) is 16.6. The van der Waals surface area contributed by atoms with Gasteiger partial charge in [-0.05, 0) is 66.1 Å². The Labute approximate surface area is 169 Å². The minimum atomic E-state index is -0.195. The first-order chi connectivity index (χ1) is 14.0. The fourth-order valence-electron chi connectivity index (χ4n) is 3.09. The maximum Gasteiger partial charge on any atom is 0.255 e. The second kappa shape index (κ2) is 7.80. The first kappa shape index (κ1) is 18.7. The Morgan fingerprint density at radius 1 is 1.03 bits per heavy atom. The van der Waals surface area contributed by atoms with Crippen molar-refractivity contribution in [1.82, 2.24) is 4.98 Å². The van der Waals surface area contributed by atoms with Crippen LogP contribution in [0.5, 0.6) is 5.75 Å². The van der Waals surface area contributed by atoms with Gasteiger partial charge in [0.05, 0.1) is 7.11 Å². The Morgan fingerprint density at radius 3 is 2.55 bits per heavy atom. The van der Waals surface area contributed by atoms with Gasteiger partial charge in [0.1, 0.15) is 11.3 Å². The van der Waals surface area contributed by atoms with Crippen molar-refractivity contribution in [1.29, 1.82) is 0 Å². The lowest BCUT2D eigenvalue weighted by Crippen LogP contribution is -2.11. The van der Waals surface area contributed by atoms with Gasteiger partial charge >= 0.3 is 0 Å². The van der Waals surface area contributed by atoms with Gasteiger partial charge in [0.2, 0.25) is 5.89 Å². The normalized spacial score (nSPS) is 11.0. The molecule has 0 aliphatic rings. The number of rotatable bonds is 5. The van der Waals surface area contributed by atoms with Crippen LogP contribution < -0.4 is 10.1 Å². The number of benzene rings is 3. The molecule has 1 amide bonds. The number of carbonyl (C=O) groups excluding carboxylic acids is 1. The van der Waals surface area contributed by atoms with E-state index in [1.54, 1.807) is 31.4 Å². The summed E-state index contributed by atoms with van der Waals surface area (Å²) in [7, 11) is 1.57. The molecule has 1 aromatic heterocycles. The van der Waals surface area contributed by atoms with Gasteiger partial charge in [-0.15, -0.1) is 0 Å². The molecule has 146 valence electrons. The van der Waals surface area contributed by atoms with Gasteiger partial charge in [0, 0.05) is 16.8 Å². The summed E-state index contributed by atoms with van der Waals surface area (Å²) >= 11 is 0. The van der Waals surface area contributed by atoms with Gasteiger partial charge in [0.15, 0.2) is 5.58 Å². The van der Waals surface area contributed by atoms with E-state index in [1.807, 2.05) is 30.3 Å². The van der Waals surface area contributed by atoms with E-state index in [1.165, 1.54) is 5.56 Å². The number of ether oxygens (including phenoxy) is 1. The highest BCUT2D eigenvalue weighted by molar-refractivity contribution is 6.04. The number of fused-ring (bicyclic) bond motifs is 1. The van der Waals surface area contributed by atoms with Crippen molar-refractivity contribution in [3.05, 3.63) is 77.9 Å². The molecule has 29 heavy (non-hydrogen) atoms. The van der Waals surface area contributed by atoms with Crippen LogP contribution in [0.3, 0.4) is 0 Å². The number of nitrogens with zero attached hydrogens (tertiary/aromatic N) is 1. The molecule has 0 aliphatic heterocycles. The summed E-state index contributed by atoms with van der Waals surface area (Å²) in [5.41, 5.74) is 4.93. The summed E-state index contributed by atoms with van der Waals surface area (Å²) in [6.07, 6.45) is 0. The molecule has 5 heteroatoms. The molecule has 0 atom stereocenters. The summed E-state index contributed by atoms with van der Waals surface area (Å²) in [5, 5.41) is 2.89. The second-order valence-electron chi connectivity index (χ2n) is 7.16. The molecule has 5 nitrogen and oxygen atoms in total. The Kier molecular flexibility index (Phi) is 5.04. The number of anilines is 1. The summed E-state index contributed by atoms with van der Waals surface area (Å²) in [5.74, 6) is 1.45. The number of aromatic nitrogens is 1. The Morgan fingerprint density at radius 2 is 1.83 bits per heavy atom. The van der Waals surface area contributed by atoms with Crippen LogP contribution in [-0.2, 0) is 0 Å². The third kappa shape index (κ3) is 3.99. The molecule has 0 spiro atoms. The topological polar surface area (TPSA) is 64.4 Å². The van der Waals surface area contributed by atoms with Crippen LogP contribution in [0.15, 0.2) is 71.1 Å². The van der Waals surface area contributed by atoms with Crippen molar-refractivity contribution in [3.63, 3.8) is 0 Å². The lowest BCUT2D eigenvalue weighted by Gasteiger charge is -2.07. The van der Waals surface area contributed by atoms with Crippen LogP contribution >= 0.6 is 0 Å². The fourth-order valence-corrected chi connectivity index (χ4v) is 3.09. The predicted octanol–water partition coefficient (Wildman–Crippen LogP) is 5.88. The number of amides is 1. The van der Waals surface area contributed by atoms with E-state index in [2.05, 4.69) is 36.3 Å². The minimum absolute atomic E-state index is 0.195. The van der Waals surface area contributed by atoms with Crippen LogP contribution in [0, 0.1) is 0 Å². The molecule has 4 rings (SSSR count). The zero-order valence-corrected chi connectivity index (χ0v) is 16.6. The Balaban J connectivity index is 1.53. The summed E-state index contributed by atoms with van der Waals surface area (Å²) in [6, 6.07) is 20.6. The lowest BCUT2D eigenvalue weighted by molar-refractivity contribution is 0.102. The van der Waals surface area contributed by atoms with Crippen molar-refractivity contribution in [3.8, 4) is 17.2 Å². The first-order valence-electron chi connectivity index (χ1n) is 9.50. The van der Waals surface area contributed by atoms with Crippen molar-refractivity contribution >= 4 is 22.7 Å². The highest BCUT2D eigenvalue weighted by Gasteiger charge is 2.11. The van der Waals surface area contributed by atoms with E-state index in [0.717, 1.165) is 16.7 Å². The lowest BCUT2D eigenvalue weighted by atomic mass is 10.0. The van der Waals surface area contributed by atoms with Gasteiger partial charge < -0.3 is 14.5 Å². The number of nitrogens with one attached hydrogen (secondary N) is 1. The van der Waals surface area contributed by atoms with E-state index >= 15 is 0 Å². The predicted molar refractivity (Wildman–Crippen MR) is 114 cm³/mol. The highest BCUT2D eigenvalue weighted by atomic mass is 16.5. The summed E-state index contributed by atoms with van der Waals surface area (Å²) in [4.78, 5) is 17.1. The van der Waals surface area contributed by atoms with E-state index in [0.29, 0.717) is 28.8 Å². The first-order valence-corrected chi connectivity index (χ1v) is 9.50. The van der Waals surface area contributed by atoms with Crippen LogP contribution in [0.25, 0.3) is 22.6 Å². The molecule has 0 fully saturated rings. The number of methoxy groups -OCH3 is 1. The second-order valence-corrected chi connectivity index (χ2v) is 7.16. The molecule has 0 bridgehead atoms. The monoisotopic (exact) mass is 386 g/mol. The van der Waals surface area contributed by atoms with Gasteiger partial charge in [-0.1, -0.05) is 26.0 Å². The molecular formula is C24H22N2O3. The van der Waals surface area contributed by atoms with Crippen molar-refractivity contribution in [2.24, 2.45) is 0 Å². The van der Waals surface area contributed by atoms with E-state index in [4.69, 9.17) is 9.15 Å². The maximum absolute atomic E-state index is 12.4. The van der Waals surface area contributed by atoms with Crippen molar-refractivity contribution < 1.29 is 13.9 Å². The molecule has 3 aromatic carbocycles. The van der Waals surface area contributed by atoms with E-state index < -0.39 is 0 Å². The average Bonchev–Trinajstić information content (AvgIpc) is 3.17. The third-order valence-corrected chi connectivity index (χ3v) is 4.80. The zero-order chi connectivity index (χ0) is 20.4. The Bertz CT molecular complexity index is 1160. The molecule has 0 aliphatic carbocycles. The molecule has 1 heterocycles. The molecule has 4 aromatic rings. The molecule has 0 saturated carbocycles. The number of carbonyl (C=O) groups is 1. The molecular weight excluding hydrogens is 364 g/mol. The van der Waals surface area contributed by atoms with Crippen LogP contribution in [0.1, 0.15) is 35.7 Å². The van der Waals surface area contributed by atoms with Gasteiger partial charge in [0.25, 0.3) is 5.91 Å². The molecule has 1 N–H and O–H groups in total. The number of oxazole rings is 1. The quantitative estimate of drug-likeness (QED) is 0.465. The Hall–Kier alpha value is -3.60. The molecule has 0 saturated heterocycles. The SMILES string of the molecule is COc1cccc(C(=O)Nc2ccc(-c3nc4cc(C(C)C)ccc4o3)cc2)c1. The van der Waals surface area contributed by atoms with Crippen LogP contribution in [-0.4, -0.2) is 18.0 Å². The summed E-state index contributed by atoms with van der Waals surface area (Å²) in [6.45, 7) is 4.31. The number of hydrogen-bond donors (Lipinski definition) is 1. The van der Waals surface area contributed by atoms with Gasteiger partial charge in [-0.2, -0.15) is 0 Å². The van der Waals surface area contributed by atoms with Crippen molar-refractivity contribution in [2.75, 3.05) is 12.4 Å². The third-order valence-electron chi connectivity index (χ3n) is 4.80. The standard InChI is InChI=1S/C24H22N2O3/c1-15(2)17-9-12-22-21(14-17)26-24(29-22)16-7-10-19(11-8-16)25-23(27)18-5-4-6-20(13-18)28-3/h4-15H,1-3H3,(H,25,27). The van der Waals surface area contributed by atoms with Crippen LogP contribution in [0.4, 0.5) is 5.69 Å². The number of hydrogen-bond acceptors (Lipinski definition) is 4. The molecule has 0 radical (unpaired) electrons. The van der Waals surface area contributed by atoms with Crippen molar-refractivity contribution in [2.45, 2.75) is 19.8 Å². The minimum Gasteiger partial charge on any atom is -0.497 e. The van der Waals surface area contributed by atoms with Gasteiger partial charge in [-0.25, -0.2) is 4.98 Å². The van der Waals surface area contributed by atoms with Crippen LogP contribution in [0.2, 0.25) is 0 Å². The van der Waals surface area contributed by atoms with Gasteiger partial charge in [-0.3, -0.25) is 4.79 Å². The molecule has 0 unspecified atom stereocenters. The smallest absolute Gasteiger partial charge is 0.255 e. The fraction of sp³-hybridized carbons (Fsp3) is 0.167. The average molecular weight is 386 g/mol. The largest absolute Gasteiger partial charge is 0.497 e.